The van der Waals surface area contributed by atoms with E-state index in [0.29, 0.717) is 44.4 Å². The number of rotatable bonds is 9. The second-order valence-electron chi connectivity index (χ2n) is 26.1. The SMILES string of the molecule is CC(C)(C)I.CC(C)(I)C(I)I.CC(C)(I)CI.COC(=O)c1n[nH]c2ccc(Br)cc12.COC(=O)c1nn(C2CCCCO2)c2ccc(Br)cc12.C[C-](C)C.O=C(O)c1n[nH]c2ccc(Br)cc12.O=C(O)c1n[nH]c2ccccc12.O=C(O)c1nn(C2CCCCO2)c2ccc(Br)cc12.[CH2-]C(C)(C)I.[V].[V]. The van der Waals surface area contributed by atoms with Crippen molar-refractivity contribution in [2.24, 2.45) is 0 Å². The summed E-state index contributed by atoms with van der Waals surface area (Å²) in [5.74, 6) is -2.49. The van der Waals surface area contributed by atoms with Gasteiger partial charge < -0.3 is 47.1 Å². The van der Waals surface area contributed by atoms with Crippen LogP contribution in [0.4, 0.5) is 0 Å². The molecule has 5 aromatic heterocycles. The van der Waals surface area contributed by atoms with Gasteiger partial charge in [0.25, 0.3) is 0 Å². The van der Waals surface area contributed by atoms with Gasteiger partial charge in [0, 0.05) is 110 Å². The Morgan fingerprint density at radius 3 is 1.18 bits per heavy atom. The van der Waals surface area contributed by atoms with E-state index in [4.69, 9.17) is 24.4 Å². The van der Waals surface area contributed by atoms with Crippen molar-refractivity contribution in [3.8, 4) is 0 Å². The number of aromatic nitrogens is 10. The number of carboxylic acids is 3. The molecule has 22 nitrogen and oxygen atoms in total. The Balaban J connectivity index is 0.000000618. The number of hydrogen-bond donors (Lipinski definition) is 6. The number of fused-ring (bicyclic) bond motifs is 5. The monoisotopic (exact) mass is 2590 g/mol. The molecule has 2 fully saturated rings. The molecular formula is C72H87Br4I7N10O12V2-2. The van der Waals surface area contributed by atoms with Crippen LogP contribution in [0.1, 0.15) is 187 Å². The number of aromatic carboxylic acids is 3. The number of hydrogen-bond acceptors (Lipinski definition) is 14. The number of ether oxygens (including phenoxy) is 4. The van der Waals surface area contributed by atoms with E-state index in [1.54, 1.807) is 45.8 Å². The molecule has 0 spiro atoms. The normalized spacial score (nSPS) is 13.9. The van der Waals surface area contributed by atoms with Crippen molar-refractivity contribution in [1.82, 2.24) is 50.2 Å². The van der Waals surface area contributed by atoms with Crippen LogP contribution in [-0.4, -0.2) is 143 Å². The van der Waals surface area contributed by atoms with Crippen molar-refractivity contribution in [1.29, 1.82) is 0 Å². The molecule has 2 aliphatic rings. The summed E-state index contributed by atoms with van der Waals surface area (Å²) in [5, 5.41) is 58.1. The molecule has 107 heavy (non-hydrogen) atoms. The van der Waals surface area contributed by atoms with Crippen molar-refractivity contribution in [2.75, 3.05) is 31.9 Å². The van der Waals surface area contributed by atoms with Gasteiger partial charge in [0.1, 0.15) is 0 Å². The van der Waals surface area contributed by atoms with Crippen LogP contribution < -0.4 is 0 Å². The number of aromatic amines is 3. The summed E-state index contributed by atoms with van der Waals surface area (Å²) in [5.41, 5.74) is 4.81. The van der Waals surface area contributed by atoms with Gasteiger partial charge in [-0.3, -0.25) is 15.3 Å². The number of nitrogens with zero attached hydrogens (tertiary/aromatic N) is 7. The molecule has 2 aliphatic heterocycles. The summed E-state index contributed by atoms with van der Waals surface area (Å²) in [6.07, 6.45) is 5.81. The Bertz CT molecular complexity index is 4400. The van der Waals surface area contributed by atoms with E-state index in [9.17, 15) is 29.1 Å². The molecule has 5 aromatic carbocycles. The molecule has 2 radical (unpaired) electrons. The van der Waals surface area contributed by atoms with Crippen LogP contribution in [0.15, 0.2) is 115 Å². The maximum absolute atomic E-state index is 11.9. The smallest absolute Gasteiger partial charge is 0.359 e. The van der Waals surface area contributed by atoms with E-state index in [2.05, 4.69) is 357 Å². The van der Waals surface area contributed by atoms with E-state index in [1.165, 1.54) is 24.6 Å². The topological polar surface area (TPSA) is 305 Å². The Kier molecular flexibility index (Phi) is 49.0. The third-order valence-electron chi connectivity index (χ3n) is 12.9. The van der Waals surface area contributed by atoms with Crippen LogP contribution in [-0.2, 0) is 56.1 Å². The number of carboxylic acid groups (broad SMARTS) is 3. The quantitative estimate of drug-likeness (QED) is 0.0339. The summed E-state index contributed by atoms with van der Waals surface area (Å²) in [6, 6.07) is 29.3. The Hall–Kier alpha value is -1.08. The summed E-state index contributed by atoms with van der Waals surface area (Å²) in [7, 11) is 2.70. The standard InChI is InChI=1S/C14H15BrN2O3.C13H13BrN2O3.C9H7BrN2O2.C8H5BrN2O2.C8H6N2O2.C4H7I3.C4H8I2.C4H9I.C4H8I.C4H9.2V/c1-19-14(18)13-10-8-9(15)5-6-11(10)17(16-13)12-4-2-3-7-20-12;14-8-4-5-10-9(7-8)12(13(17)18)15-16(10)11-3-1-2-6-19-11;1-14-9(13)8-6-4-5(10)2-3-7(6)11-12-8;9-4-1-2-6-5(3-4)7(8(12)13)11-10-6;11-8(12)7-5-3-1-2-4-6(5)9-10-7;1-4(2,7)3(5)6;1-4(2,6)3-5;2*1-4(2,3)5;1-4(2)3;;/h5-6,8,12H,2-4,7H2,1H3;4-5,7,11H,1-3,6H2,(H,17,18);2-4H,1H3,(H,11,12);1-3H,(H,10,11)(H,12,13);1-4H,(H,9,10)(H,11,12);3H,1-2H3;3H2,1-2H3;1-3H3;1H2,2-3H3;1-3H3;;/q;;;;;;;;2*-1;;. The minimum Gasteiger partial charge on any atom is -0.476 e. The first-order valence-electron chi connectivity index (χ1n) is 32.2. The first-order chi connectivity index (χ1) is 48.8. The number of para-hydroxylation sites is 1. The third-order valence-corrected chi connectivity index (χ3v) is 24.8. The van der Waals surface area contributed by atoms with Gasteiger partial charge in [-0.1, -0.05) is 266 Å². The molecule has 10 aromatic rings. The van der Waals surface area contributed by atoms with Gasteiger partial charge in [0.2, 0.25) is 0 Å². The first kappa shape index (κ1) is 104. The predicted molar refractivity (Wildman–Crippen MR) is 494 cm³/mol. The minimum absolute atomic E-state index is 0. The molecule has 0 amide bonds. The number of alkyl halides is 7. The summed E-state index contributed by atoms with van der Waals surface area (Å²) >= 11 is 30.1. The number of methoxy groups -OCH3 is 2. The van der Waals surface area contributed by atoms with Crippen molar-refractivity contribution < 1.29 is 95.4 Å². The van der Waals surface area contributed by atoms with Gasteiger partial charge in [-0.05, 0) is 131 Å². The molecule has 0 saturated carbocycles. The number of carbonyl (C=O) groups is 5. The molecule has 7 heterocycles. The van der Waals surface area contributed by atoms with Crippen molar-refractivity contribution in [2.45, 2.75) is 150 Å². The second-order valence-corrected chi connectivity index (χ2v) is 47.3. The van der Waals surface area contributed by atoms with Crippen molar-refractivity contribution >= 4 is 306 Å². The minimum atomic E-state index is -1.02. The number of halogens is 11. The fourth-order valence-electron chi connectivity index (χ4n) is 8.42. The van der Waals surface area contributed by atoms with Gasteiger partial charge >= 0.3 is 29.8 Å². The van der Waals surface area contributed by atoms with E-state index in [0.717, 1.165) is 103 Å². The molecule has 6 N–H and O–H groups in total. The Morgan fingerprint density at radius 1 is 0.542 bits per heavy atom. The van der Waals surface area contributed by atoms with Crippen LogP contribution in [0, 0.1) is 12.8 Å². The van der Waals surface area contributed by atoms with E-state index in [1.807, 2.05) is 60.7 Å². The van der Waals surface area contributed by atoms with Crippen LogP contribution >= 0.6 is 222 Å². The molecule has 35 heteroatoms. The fourth-order valence-corrected chi connectivity index (χ4v) is 9.86. The van der Waals surface area contributed by atoms with Gasteiger partial charge in [-0.2, -0.15) is 46.3 Å². The van der Waals surface area contributed by atoms with Crippen LogP contribution in [0.5, 0.6) is 0 Å². The largest absolute Gasteiger partial charge is 0.476 e. The summed E-state index contributed by atoms with van der Waals surface area (Å²) < 4.78 is 31.4. The molecule has 0 bridgehead atoms. The summed E-state index contributed by atoms with van der Waals surface area (Å²) in [4.78, 5) is 55.7. The number of nitrogens with one attached hydrogen (secondary N) is 3. The molecule has 0 aliphatic carbocycles. The molecular weight excluding hydrogens is 2510 g/mol. The number of H-pyrrole nitrogens is 3. The maximum atomic E-state index is 11.9. The zero-order valence-corrected chi connectivity index (χ0v) is 85.5. The predicted octanol–water partition coefficient (Wildman–Crippen LogP) is 23.8. The van der Waals surface area contributed by atoms with Crippen molar-refractivity contribution in [3.05, 3.63) is 156 Å². The second kappa shape index (κ2) is 50.4. The molecule has 12 rings (SSSR count). The van der Waals surface area contributed by atoms with Crippen LogP contribution in [0.2, 0.25) is 0 Å². The van der Waals surface area contributed by atoms with Gasteiger partial charge in [0.05, 0.1) is 43.7 Å². The number of benzene rings is 5. The van der Waals surface area contributed by atoms with Crippen molar-refractivity contribution in [3.63, 3.8) is 0 Å². The average Bonchev–Trinajstić information content (AvgIpc) is 1.64. The van der Waals surface area contributed by atoms with Crippen LogP contribution in [0.3, 0.4) is 0 Å². The zero-order valence-electron chi connectivity index (χ0n) is 61.2. The summed E-state index contributed by atoms with van der Waals surface area (Å²) in [6.45, 7) is 31.0. The van der Waals surface area contributed by atoms with E-state index < -0.39 is 29.8 Å². The average molecular weight is 2590 g/mol. The zero-order chi connectivity index (χ0) is 79.5. The third kappa shape index (κ3) is 38.5. The number of carbonyl (C=O) groups excluding carboxylic acids is 2. The number of esters is 2. The Labute approximate surface area is 778 Å². The molecule has 586 valence electrons. The van der Waals surface area contributed by atoms with Crippen LogP contribution in [0.25, 0.3) is 54.5 Å². The fraction of sp³-hybridized carbons (Fsp3) is 0.417. The van der Waals surface area contributed by atoms with Gasteiger partial charge in [0.15, 0.2) is 40.9 Å². The van der Waals surface area contributed by atoms with E-state index in [-0.39, 0.29) is 70.1 Å². The molecule has 2 atom stereocenters. The Morgan fingerprint density at radius 2 is 0.841 bits per heavy atom. The van der Waals surface area contributed by atoms with Gasteiger partial charge in [-0.15, -0.1) is 26.0 Å². The molecule has 2 unspecified atom stereocenters. The first-order valence-corrected chi connectivity index (χ1v) is 43.7. The van der Waals surface area contributed by atoms with Gasteiger partial charge in [-0.25, -0.2) is 33.3 Å². The van der Waals surface area contributed by atoms with E-state index >= 15 is 0 Å². The maximum Gasteiger partial charge on any atom is 0.359 e. The molecule has 2 saturated heterocycles.